The molecule has 0 amide bonds. The fraction of sp³-hybridized carbons (Fsp3) is 0.300. The summed E-state index contributed by atoms with van der Waals surface area (Å²) in [6.07, 6.45) is 6.50. The molecule has 0 radical (unpaired) electrons. The van der Waals surface area contributed by atoms with Gasteiger partial charge in [-0.3, -0.25) is 0 Å². The molecule has 0 spiro atoms. The minimum atomic E-state index is 0.236. The van der Waals surface area contributed by atoms with Crippen molar-refractivity contribution in [3.63, 3.8) is 0 Å². The van der Waals surface area contributed by atoms with Gasteiger partial charge in [0.15, 0.2) is 18.1 Å². The second-order valence-electron chi connectivity index (χ2n) is 6.75. The second kappa shape index (κ2) is 6.74. The third-order valence-electron chi connectivity index (χ3n) is 4.92. The normalized spacial score (nSPS) is 14.6. The highest BCUT2D eigenvalue weighted by Crippen LogP contribution is 2.36. The number of hydrogen-bond donors (Lipinski definition) is 0. The number of aryl methyl sites for hydroxylation is 2. The zero-order valence-electron chi connectivity index (χ0n) is 15.1. The van der Waals surface area contributed by atoms with E-state index in [-0.39, 0.29) is 6.61 Å². The first-order valence-electron chi connectivity index (χ1n) is 9.16. The molecule has 0 unspecified atom stereocenters. The molecule has 0 saturated heterocycles. The monoisotopic (exact) mass is 377 g/mol. The lowest BCUT2D eigenvalue weighted by molar-refractivity contribution is 0.125. The molecule has 1 aliphatic rings. The molecule has 136 valence electrons. The van der Waals surface area contributed by atoms with Crippen LogP contribution < -0.4 is 0 Å². The molecule has 0 atom stereocenters. The second-order valence-corrected chi connectivity index (χ2v) is 7.83. The van der Waals surface area contributed by atoms with Crippen molar-refractivity contribution >= 4 is 32.9 Å². The van der Waals surface area contributed by atoms with E-state index in [1.807, 2.05) is 37.3 Å². The summed E-state index contributed by atoms with van der Waals surface area (Å²) in [5.74, 6) is 0.615. The van der Waals surface area contributed by atoms with Gasteiger partial charge in [-0.05, 0) is 43.7 Å². The van der Waals surface area contributed by atoms with Gasteiger partial charge >= 0.3 is 0 Å². The number of hydrogen-bond acceptors (Lipinski definition) is 6. The SMILES string of the molecule is C/C(=N\OCc1nc2c3c4c(sc3ncn2n1)CCCC4)c1ccccc1. The zero-order chi connectivity index (χ0) is 18.2. The van der Waals surface area contributed by atoms with Crippen molar-refractivity contribution in [1.29, 1.82) is 0 Å². The molecule has 27 heavy (non-hydrogen) atoms. The summed E-state index contributed by atoms with van der Waals surface area (Å²) in [5.41, 5.74) is 4.16. The maximum atomic E-state index is 5.50. The molecule has 0 N–H and O–H groups in total. The van der Waals surface area contributed by atoms with Gasteiger partial charge in [0.25, 0.3) is 0 Å². The van der Waals surface area contributed by atoms with Crippen LogP contribution >= 0.6 is 11.3 Å². The molecular weight excluding hydrogens is 358 g/mol. The first-order chi connectivity index (χ1) is 13.3. The summed E-state index contributed by atoms with van der Waals surface area (Å²) >= 11 is 1.80. The van der Waals surface area contributed by atoms with Gasteiger partial charge in [0.2, 0.25) is 0 Å². The molecule has 3 aromatic heterocycles. The molecule has 4 aromatic rings. The van der Waals surface area contributed by atoms with Gasteiger partial charge in [-0.15, -0.1) is 16.4 Å². The van der Waals surface area contributed by atoms with Crippen molar-refractivity contribution in [3.05, 3.63) is 58.5 Å². The van der Waals surface area contributed by atoms with Crippen molar-refractivity contribution in [3.8, 4) is 0 Å². The van der Waals surface area contributed by atoms with Crippen LogP contribution in [0.5, 0.6) is 0 Å². The summed E-state index contributed by atoms with van der Waals surface area (Å²) in [5, 5.41) is 9.88. The Balaban J connectivity index is 1.43. The Kier molecular flexibility index (Phi) is 4.09. The summed E-state index contributed by atoms with van der Waals surface area (Å²) in [6.45, 7) is 2.16. The van der Waals surface area contributed by atoms with Crippen molar-refractivity contribution in [1.82, 2.24) is 19.6 Å². The summed E-state index contributed by atoms with van der Waals surface area (Å²) in [7, 11) is 0. The third-order valence-corrected chi connectivity index (χ3v) is 6.12. The van der Waals surface area contributed by atoms with Crippen molar-refractivity contribution in [2.45, 2.75) is 39.2 Å². The van der Waals surface area contributed by atoms with Gasteiger partial charge in [0.1, 0.15) is 11.2 Å². The van der Waals surface area contributed by atoms with Crippen LogP contribution in [0.2, 0.25) is 0 Å². The van der Waals surface area contributed by atoms with E-state index in [4.69, 9.17) is 9.82 Å². The number of thiophene rings is 1. The summed E-state index contributed by atoms with van der Waals surface area (Å²) < 4.78 is 1.76. The Morgan fingerprint density at radius 2 is 2.07 bits per heavy atom. The van der Waals surface area contributed by atoms with E-state index in [2.05, 4.69) is 15.2 Å². The first kappa shape index (κ1) is 16.4. The topological polar surface area (TPSA) is 64.7 Å². The van der Waals surface area contributed by atoms with Crippen LogP contribution in [0, 0.1) is 0 Å². The van der Waals surface area contributed by atoms with Crippen LogP contribution in [0.1, 0.15) is 41.6 Å². The molecule has 6 nitrogen and oxygen atoms in total. The third kappa shape index (κ3) is 2.98. The van der Waals surface area contributed by atoms with E-state index in [1.165, 1.54) is 28.7 Å². The highest BCUT2D eigenvalue weighted by atomic mass is 32.1. The van der Waals surface area contributed by atoms with E-state index in [9.17, 15) is 0 Å². The lowest BCUT2D eigenvalue weighted by Crippen LogP contribution is -1.99. The van der Waals surface area contributed by atoms with Crippen LogP contribution in [-0.4, -0.2) is 25.3 Å². The molecule has 0 fully saturated rings. The van der Waals surface area contributed by atoms with Crippen LogP contribution in [-0.2, 0) is 24.3 Å². The van der Waals surface area contributed by atoms with Crippen LogP contribution in [0.4, 0.5) is 0 Å². The predicted octanol–water partition coefficient (Wildman–Crippen LogP) is 4.16. The van der Waals surface area contributed by atoms with E-state index < -0.39 is 0 Å². The minimum absolute atomic E-state index is 0.236. The Morgan fingerprint density at radius 3 is 2.96 bits per heavy atom. The Labute approximate surface area is 160 Å². The largest absolute Gasteiger partial charge is 0.387 e. The smallest absolute Gasteiger partial charge is 0.192 e. The highest BCUT2D eigenvalue weighted by Gasteiger charge is 2.20. The number of aromatic nitrogens is 4. The molecule has 1 aromatic carbocycles. The van der Waals surface area contributed by atoms with E-state index in [1.54, 1.807) is 22.2 Å². The average molecular weight is 377 g/mol. The van der Waals surface area contributed by atoms with E-state index >= 15 is 0 Å². The molecule has 1 aliphatic carbocycles. The number of fused-ring (bicyclic) bond motifs is 5. The fourth-order valence-electron chi connectivity index (χ4n) is 3.58. The molecule has 0 saturated carbocycles. The Morgan fingerprint density at radius 1 is 1.22 bits per heavy atom. The molecule has 0 bridgehead atoms. The predicted molar refractivity (Wildman–Crippen MR) is 106 cm³/mol. The summed E-state index contributed by atoms with van der Waals surface area (Å²) in [4.78, 5) is 17.3. The van der Waals surface area contributed by atoms with Crippen LogP contribution in [0.25, 0.3) is 15.9 Å². The quantitative estimate of drug-likeness (QED) is 0.396. The number of nitrogens with zero attached hydrogens (tertiary/aromatic N) is 5. The highest BCUT2D eigenvalue weighted by molar-refractivity contribution is 7.19. The molecule has 3 heterocycles. The molecular formula is C20H19N5OS. The molecule has 5 rings (SSSR count). The minimum Gasteiger partial charge on any atom is -0.387 e. The van der Waals surface area contributed by atoms with Gasteiger partial charge in [-0.25, -0.2) is 14.5 Å². The van der Waals surface area contributed by atoms with Crippen molar-refractivity contribution < 1.29 is 4.84 Å². The van der Waals surface area contributed by atoms with E-state index in [0.29, 0.717) is 5.82 Å². The average Bonchev–Trinajstić information content (AvgIpc) is 3.28. The van der Waals surface area contributed by atoms with Gasteiger partial charge < -0.3 is 4.84 Å². The zero-order valence-corrected chi connectivity index (χ0v) is 15.9. The van der Waals surface area contributed by atoms with Crippen LogP contribution in [0.15, 0.2) is 41.8 Å². The fourth-order valence-corrected chi connectivity index (χ4v) is 4.80. The lowest BCUT2D eigenvalue weighted by Gasteiger charge is -2.09. The lowest BCUT2D eigenvalue weighted by atomic mass is 9.97. The van der Waals surface area contributed by atoms with Gasteiger partial charge in [-0.1, -0.05) is 35.5 Å². The number of rotatable bonds is 4. The maximum absolute atomic E-state index is 5.50. The Bertz CT molecular complexity index is 1150. The molecule has 0 aliphatic heterocycles. The summed E-state index contributed by atoms with van der Waals surface area (Å²) in [6, 6.07) is 9.97. The van der Waals surface area contributed by atoms with Gasteiger partial charge in [0, 0.05) is 4.88 Å². The van der Waals surface area contributed by atoms with Gasteiger partial charge in [-0.2, -0.15) is 0 Å². The number of benzene rings is 1. The van der Waals surface area contributed by atoms with Crippen LogP contribution in [0.3, 0.4) is 0 Å². The van der Waals surface area contributed by atoms with Crippen molar-refractivity contribution in [2.75, 3.05) is 0 Å². The maximum Gasteiger partial charge on any atom is 0.192 e. The van der Waals surface area contributed by atoms with Gasteiger partial charge in [0.05, 0.1) is 11.1 Å². The Hall–Kier alpha value is -2.80. The van der Waals surface area contributed by atoms with Crippen molar-refractivity contribution in [2.24, 2.45) is 5.16 Å². The first-order valence-corrected chi connectivity index (χ1v) is 9.98. The molecule has 7 heteroatoms. The van der Waals surface area contributed by atoms with E-state index in [0.717, 1.165) is 34.6 Å². The standard InChI is InChI=1S/C20H19N5OS/c1-13(14-7-3-2-4-8-14)24-26-11-17-22-19-18-15-9-5-6-10-16(15)27-20(18)21-12-25(19)23-17/h2-4,7-8,12H,5-6,9-11H2,1H3/b24-13+. The number of oxime groups is 1.